The van der Waals surface area contributed by atoms with Gasteiger partial charge in [0.05, 0.1) is 6.10 Å². The molecule has 3 rings (SSSR count). The van der Waals surface area contributed by atoms with Gasteiger partial charge in [-0.15, -0.1) is 0 Å². The van der Waals surface area contributed by atoms with E-state index in [2.05, 4.69) is 62.9 Å². The van der Waals surface area contributed by atoms with Crippen LogP contribution >= 0.6 is 0 Å². The van der Waals surface area contributed by atoms with Crippen molar-refractivity contribution in [3.05, 3.63) is 64.2 Å². The zero-order valence-electron chi connectivity index (χ0n) is 22.8. The smallest absolute Gasteiger partial charge is 0.303 e. The van der Waals surface area contributed by atoms with Crippen molar-refractivity contribution in [2.45, 2.75) is 103 Å². The van der Waals surface area contributed by atoms with Gasteiger partial charge in [-0.05, 0) is 99.6 Å². The number of benzene rings is 2. The van der Waals surface area contributed by atoms with Crippen LogP contribution in [-0.4, -0.2) is 39.6 Å². The minimum Gasteiger partial charge on any atom is -0.491 e. The topological polar surface area (TPSA) is 87.0 Å². The van der Waals surface area contributed by atoms with Gasteiger partial charge >= 0.3 is 5.97 Å². The molecule has 0 saturated heterocycles. The van der Waals surface area contributed by atoms with E-state index >= 15 is 0 Å². The minimum absolute atomic E-state index is 0.0517. The molecule has 0 bridgehead atoms. The maximum Gasteiger partial charge on any atom is 0.303 e. The standard InChI is InChI=1S/C32H42O5/c1-5-32(6-2,26-13-12-25(23(3)20-26)16-19-31(36)17-7-8-18-31)27-14-15-29(24(4)21-27)37-22-28(33)10-9-11-30(34)35/h12-15,20-21,28,33,36H,5-11,17-18,22H2,1-4H3,(H,34,35)/t28-/m1/s1. The predicted molar refractivity (Wildman–Crippen MR) is 147 cm³/mol. The number of hydrogen-bond donors (Lipinski definition) is 3. The van der Waals surface area contributed by atoms with Gasteiger partial charge < -0.3 is 20.1 Å². The van der Waals surface area contributed by atoms with Gasteiger partial charge in [0.15, 0.2) is 0 Å². The zero-order chi connectivity index (χ0) is 27.1. The average molecular weight is 507 g/mol. The van der Waals surface area contributed by atoms with Gasteiger partial charge in [0.1, 0.15) is 18.0 Å². The number of aryl methyl sites for hydroxylation is 2. The lowest BCUT2D eigenvalue weighted by molar-refractivity contribution is -0.137. The van der Waals surface area contributed by atoms with Gasteiger partial charge in [0.2, 0.25) is 0 Å². The third-order valence-electron chi connectivity index (χ3n) is 7.93. The highest BCUT2D eigenvalue weighted by molar-refractivity contribution is 5.66. The highest BCUT2D eigenvalue weighted by atomic mass is 16.5. The number of aliphatic carboxylic acids is 1. The molecule has 1 fully saturated rings. The van der Waals surface area contributed by atoms with Crippen molar-refractivity contribution in [2.24, 2.45) is 0 Å². The number of aliphatic hydroxyl groups is 2. The van der Waals surface area contributed by atoms with Crippen LogP contribution in [0.5, 0.6) is 5.75 Å². The number of ether oxygens (including phenoxy) is 1. The lowest BCUT2D eigenvalue weighted by Gasteiger charge is -2.34. The number of rotatable bonds is 11. The van der Waals surface area contributed by atoms with E-state index < -0.39 is 17.7 Å². The minimum atomic E-state index is -0.852. The summed E-state index contributed by atoms with van der Waals surface area (Å²) in [6.07, 6.45) is 5.66. The lowest BCUT2D eigenvalue weighted by atomic mass is 9.70. The quantitative estimate of drug-likeness (QED) is 0.323. The summed E-state index contributed by atoms with van der Waals surface area (Å²) in [6.45, 7) is 8.68. The molecule has 2 aromatic rings. The van der Waals surface area contributed by atoms with Crippen LogP contribution in [-0.2, 0) is 10.2 Å². The monoisotopic (exact) mass is 506 g/mol. The Morgan fingerprint density at radius 2 is 1.68 bits per heavy atom. The lowest BCUT2D eigenvalue weighted by Crippen LogP contribution is -2.26. The molecule has 3 N–H and O–H groups in total. The molecule has 0 radical (unpaired) electrons. The van der Waals surface area contributed by atoms with Crippen molar-refractivity contribution in [1.29, 1.82) is 0 Å². The van der Waals surface area contributed by atoms with Crippen LogP contribution in [0.4, 0.5) is 0 Å². The molecule has 1 aliphatic carbocycles. The largest absolute Gasteiger partial charge is 0.491 e. The molecule has 200 valence electrons. The van der Waals surface area contributed by atoms with Gasteiger partial charge in [-0.25, -0.2) is 0 Å². The molecular formula is C32H42O5. The molecule has 0 aliphatic heterocycles. The summed E-state index contributed by atoms with van der Waals surface area (Å²) in [5.41, 5.74) is 4.58. The van der Waals surface area contributed by atoms with E-state index in [9.17, 15) is 15.0 Å². The van der Waals surface area contributed by atoms with E-state index in [0.717, 1.165) is 61.0 Å². The average Bonchev–Trinajstić information content (AvgIpc) is 3.30. The van der Waals surface area contributed by atoms with Gasteiger partial charge in [0, 0.05) is 17.4 Å². The molecule has 37 heavy (non-hydrogen) atoms. The van der Waals surface area contributed by atoms with Crippen LogP contribution in [0.3, 0.4) is 0 Å². The Morgan fingerprint density at radius 3 is 2.24 bits per heavy atom. The second-order valence-electron chi connectivity index (χ2n) is 10.5. The SMILES string of the molecule is CCC(CC)(c1ccc(C#CC2(O)CCCC2)c(C)c1)c1ccc(OC[C@H](O)CCCC(=O)O)c(C)c1. The van der Waals surface area contributed by atoms with Crippen molar-refractivity contribution in [2.75, 3.05) is 6.61 Å². The first kappa shape index (κ1) is 28.8. The highest BCUT2D eigenvalue weighted by Gasteiger charge is 2.32. The van der Waals surface area contributed by atoms with Crippen LogP contribution < -0.4 is 4.74 Å². The maximum atomic E-state index is 10.7. The number of carbonyl (C=O) groups is 1. The molecular weight excluding hydrogens is 464 g/mol. The first-order valence-electron chi connectivity index (χ1n) is 13.6. The summed E-state index contributed by atoms with van der Waals surface area (Å²) in [4.78, 5) is 10.7. The molecule has 1 atom stereocenters. The highest BCUT2D eigenvalue weighted by Crippen LogP contribution is 2.41. The normalized spacial score (nSPS) is 15.6. The van der Waals surface area contributed by atoms with Crippen LogP contribution in [0.2, 0.25) is 0 Å². The van der Waals surface area contributed by atoms with Gasteiger partial charge in [0.25, 0.3) is 0 Å². The first-order valence-corrected chi connectivity index (χ1v) is 13.6. The molecule has 5 heteroatoms. The van der Waals surface area contributed by atoms with Crippen LogP contribution in [0, 0.1) is 25.7 Å². The van der Waals surface area contributed by atoms with Crippen molar-refractivity contribution in [1.82, 2.24) is 0 Å². The molecule has 5 nitrogen and oxygen atoms in total. The third-order valence-corrected chi connectivity index (χ3v) is 7.93. The summed E-state index contributed by atoms with van der Waals surface area (Å²) in [5, 5.41) is 29.5. The Morgan fingerprint density at radius 1 is 1.05 bits per heavy atom. The fourth-order valence-electron chi connectivity index (χ4n) is 5.47. The van der Waals surface area contributed by atoms with Gasteiger partial charge in [-0.2, -0.15) is 0 Å². The van der Waals surface area contributed by atoms with Crippen LogP contribution in [0.1, 0.15) is 99.5 Å². The van der Waals surface area contributed by atoms with Crippen LogP contribution in [0.15, 0.2) is 36.4 Å². The Bertz CT molecular complexity index is 1130. The molecule has 2 aromatic carbocycles. The Labute approximate surface area is 221 Å². The number of carboxylic acid groups (broad SMARTS) is 1. The summed E-state index contributed by atoms with van der Waals surface area (Å²) in [7, 11) is 0. The molecule has 0 heterocycles. The van der Waals surface area contributed by atoms with E-state index in [0.29, 0.717) is 12.8 Å². The number of carboxylic acids is 1. The van der Waals surface area contributed by atoms with E-state index in [-0.39, 0.29) is 18.4 Å². The molecule has 1 aliphatic rings. The predicted octanol–water partition coefficient (Wildman–Crippen LogP) is 6.06. The van der Waals surface area contributed by atoms with E-state index in [1.165, 1.54) is 11.1 Å². The van der Waals surface area contributed by atoms with Crippen molar-refractivity contribution < 1.29 is 24.9 Å². The number of hydrogen-bond acceptors (Lipinski definition) is 4. The third kappa shape index (κ3) is 7.15. The van der Waals surface area contributed by atoms with Crippen molar-refractivity contribution >= 4 is 5.97 Å². The van der Waals surface area contributed by atoms with E-state index in [4.69, 9.17) is 9.84 Å². The number of aliphatic hydroxyl groups excluding tert-OH is 1. The summed E-state index contributed by atoms with van der Waals surface area (Å²) in [6, 6.07) is 12.8. The molecule has 0 unspecified atom stereocenters. The Kier molecular flexibility index (Phi) is 9.81. The van der Waals surface area contributed by atoms with Gasteiger partial charge in [-0.3, -0.25) is 4.79 Å². The molecule has 0 amide bonds. The summed E-state index contributed by atoms with van der Waals surface area (Å²) >= 11 is 0. The van der Waals surface area contributed by atoms with Crippen LogP contribution in [0.25, 0.3) is 0 Å². The van der Waals surface area contributed by atoms with E-state index in [1.807, 2.05) is 13.0 Å². The van der Waals surface area contributed by atoms with Crippen molar-refractivity contribution in [3.8, 4) is 17.6 Å². The Balaban J connectivity index is 1.78. The van der Waals surface area contributed by atoms with Gasteiger partial charge in [-0.1, -0.05) is 50.0 Å². The fourth-order valence-corrected chi connectivity index (χ4v) is 5.47. The zero-order valence-corrected chi connectivity index (χ0v) is 22.8. The fraction of sp³-hybridized carbons (Fsp3) is 0.531. The Hall–Kier alpha value is -2.81. The van der Waals surface area contributed by atoms with E-state index in [1.54, 1.807) is 0 Å². The second kappa shape index (κ2) is 12.6. The second-order valence-corrected chi connectivity index (χ2v) is 10.5. The molecule has 1 saturated carbocycles. The first-order chi connectivity index (χ1) is 17.6. The summed E-state index contributed by atoms with van der Waals surface area (Å²) in [5.74, 6) is 6.25. The maximum absolute atomic E-state index is 10.7. The van der Waals surface area contributed by atoms with Crippen molar-refractivity contribution in [3.63, 3.8) is 0 Å². The molecule has 0 aromatic heterocycles. The molecule has 0 spiro atoms. The summed E-state index contributed by atoms with van der Waals surface area (Å²) < 4.78 is 5.88.